The van der Waals surface area contributed by atoms with E-state index in [9.17, 15) is 0 Å². The largest absolute Gasteiger partial charge is 0.362 e. The van der Waals surface area contributed by atoms with Gasteiger partial charge in [-0.25, -0.2) is 0 Å². The molecule has 0 unspecified atom stereocenters. The lowest BCUT2D eigenvalue weighted by molar-refractivity contribution is 0.822. The smallest absolute Gasteiger partial charge is 0.186 e. The molecule has 0 spiro atoms. The molecule has 0 aromatic heterocycles. The van der Waals surface area contributed by atoms with Crippen molar-refractivity contribution in [3.63, 3.8) is 0 Å². The minimum Gasteiger partial charge on any atom is -0.362 e. The molecule has 4 N–H and O–H groups in total. The highest BCUT2D eigenvalue weighted by Crippen LogP contribution is 2.22. The summed E-state index contributed by atoms with van der Waals surface area (Å²) in [7, 11) is 0. The van der Waals surface area contributed by atoms with E-state index in [1.807, 2.05) is 13.8 Å². The zero-order chi connectivity index (χ0) is 24.2. The molecule has 180 valence electrons. The number of thiocarbonyl (C=S) groups is 2. The number of hydrogen-bond acceptors (Lipinski definition) is 4. The first-order valence-electron chi connectivity index (χ1n) is 12.0. The maximum Gasteiger partial charge on any atom is 0.186 e. The molecule has 0 saturated heterocycles. The van der Waals surface area contributed by atoms with E-state index in [1.165, 1.54) is 22.3 Å². The topological polar surface area (TPSA) is 72.8 Å². The van der Waals surface area contributed by atoms with Gasteiger partial charge in [0.2, 0.25) is 0 Å². The van der Waals surface area contributed by atoms with Gasteiger partial charge in [0.25, 0.3) is 0 Å². The van der Waals surface area contributed by atoms with Crippen molar-refractivity contribution in [3.8, 4) is 0 Å². The van der Waals surface area contributed by atoms with Gasteiger partial charge < -0.3 is 10.6 Å². The molecule has 0 radical (unpaired) electrons. The van der Waals surface area contributed by atoms with Gasteiger partial charge in [-0.05, 0) is 87.9 Å². The Kier molecular flexibility index (Phi) is 10.4. The normalized spacial score (nSPS) is 16.4. The monoisotopic (exact) mass is 494 g/mol. The molecule has 0 aliphatic heterocycles. The first kappa shape index (κ1) is 25.8. The highest BCUT2D eigenvalue weighted by Gasteiger charge is 2.15. The number of benzene rings is 2. The highest BCUT2D eigenvalue weighted by molar-refractivity contribution is 7.80. The summed E-state index contributed by atoms with van der Waals surface area (Å²) >= 11 is 10.2. The van der Waals surface area contributed by atoms with Crippen LogP contribution >= 0.6 is 24.4 Å². The molecule has 0 bridgehead atoms. The van der Waals surface area contributed by atoms with Crippen molar-refractivity contribution in [1.29, 1.82) is 0 Å². The van der Waals surface area contributed by atoms with E-state index in [2.05, 4.69) is 80.2 Å². The molecule has 2 aliphatic rings. The average Bonchev–Trinajstić information content (AvgIpc) is 2.87. The SMILES string of the molecule is CCNC(=S)N/N=C1\CCCc2ccccc21.CCNC(=S)N/N=C1\CCCc2ccccc21. The second-order valence-electron chi connectivity index (χ2n) is 8.08. The van der Waals surface area contributed by atoms with Gasteiger partial charge >= 0.3 is 0 Å². The predicted octanol–water partition coefficient (Wildman–Crippen LogP) is 4.42. The van der Waals surface area contributed by atoms with Crippen molar-refractivity contribution in [1.82, 2.24) is 21.5 Å². The van der Waals surface area contributed by atoms with Crippen LogP contribution in [0.15, 0.2) is 58.7 Å². The van der Waals surface area contributed by atoms with Gasteiger partial charge in [-0.2, -0.15) is 10.2 Å². The first-order valence-corrected chi connectivity index (χ1v) is 12.8. The van der Waals surface area contributed by atoms with Gasteiger partial charge in [0.1, 0.15) is 0 Å². The van der Waals surface area contributed by atoms with Crippen LogP contribution in [-0.4, -0.2) is 34.7 Å². The van der Waals surface area contributed by atoms with E-state index < -0.39 is 0 Å². The summed E-state index contributed by atoms with van der Waals surface area (Å²) in [4.78, 5) is 0. The minimum atomic E-state index is 0.586. The van der Waals surface area contributed by atoms with E-state index >= 15 is 0 Å². The van der Waals surface area contributed by atoms with E-state index in [-0.39, 0.29) is 0 Å². The Bertz CT molecular complexity index is 964. The second-order valence-corrected chi connectivity index (χ2v) is 8.90. The van der Waals surface area contributed by atoms with E-state index in [0.29, 0.717) is 10.2 Å². The Morgan fingerprint density at radius 1 is 0.676 bits per heavy atom. The molecule has 0 amide bonds. The molecule has 2 aromatic carbocycles. The molecule has 34 heavy (non-hydrogen) atoms. The summed E-state index contributed by atoms with van der Waals surface area (Å²) in [5.41, 5.74) is 13.3. The van der Waals surface area contributed by atoms with Crippen molar-refractivity contribution in [2.45, 2.75) is 52.4 Å². The predicted molar refractivity (Wildman–Crippen MR) is 151 cm³/mol. The van der Waals surface area contributed by atoms with Gasteiger partial charge in [0.05, 0.1) is 11.4 Å². The third-order valence-electron chi connectivity index (χ3n) is 5.64. The summed E-state index contributed by atoms with van der Waals surface area (Å²) in [6, 6.07) is 16.9. The first-order chi connectivity index (χ1) is 16.6. The lowest BCUT2D eigenvalue weighted by Crippen LogP contribution is -2.32. The standard InChI is InChI=1S/2C13H17N3S/c2*1-2-14-13(17)16-15-12-9-5-7-10-6-3-4-8-11(10)12/h2*3-4,6,8H,2,5,7,9H2,1H3,(H2,14,16,17)/b2*15-12+. The lowest BCUT2D eigenvalue weighted by Gasteiger charge is -2.17. The molecule has 0 fully saturated rings. The van der Waals surface area contributed by atoms with Crippen LogP contribution in [0.4, 0.5) is 0 Å². The summed E-state index contributed by atoms with van der Waals surface area (Å²) in [6.07, 6.45) is 6.63. The number of aryl methyl sites for hydroxylation is 2. The Morgan fingerprint density at radius 3 is 1.50 bits per heavy atom. The lowest BCUT2D eigenvalue weighted by atomic mass is 9.90. The van der Waals surface area contributed by atoms with Gasteiger partial charge in [-0.15, -0.1) is 0 Å². The third-order valence-corrected chi connectivity index (χ3v) is 6.11. The van der Waals surface area contributed by atoms with Crippen molar-refractivity contribution in [2.24, 2.45) is 10.2 Å². The fraction of sp³-hybridized carbons (Fsp3) is 0.385. The molecule has 6 nitrogen and oxygen atoms in total. The molecule has 2 aliphatic carbocycles. The zero-order valence-electron chi connectivity index (χ0n) is 20.0. The van der Waals surface area contributed by atoms with Crippen LogP contribution in [-0.2, 0) is 12.8 Å². The third kappa shape index (κ3) is 7.60. The van der Waals surface area contributed by atoms with Crippen LogP contribution in [0.3, 0.4) is 0 Å². The average molecular weight is 495 g/mol. The molecule has 0 atom stereocenters. The van der Waals surface area contributed by atoms with Crippen molar-refractivity contribution in [3.05, 3.63) is 70.8 Å². The summed E-state index contributed by atoms with van der Waals surface area (Å²) in [5, 5.41) is 16.0. The van der Waals surface area contributed by atoms with Crippen LogP contribution < -0.4 is 21.5 Å². The van der Waals surface area contributed by atoms with E-state index in [0.717, 1.165) is 63.0 Å². The van der Waals surface area contributed by atoms with Crippen LogP contribution in [0.5, 0.6) is 0 Å². The highest BCUT2D eigenvalue weighted by atomic mass is 32.1. The molecule has 2 aromatic rings. The number of hydrogen-bond donors (Lipinski definition) is 4. The zero-order valence-corrected chi connectivity index (χ0v) is 21.6. The molecule has 8 heteroatoms. The van der Waals surface area contributed by atoms with Crippen molar-refractivity contribution < 1.29 is 0 Å². The Morgan fingerprint density at radius 2 is 1.09 bits per heavy atom. The van der Waals surface area contributed by atoms with Crippen LogP contribution in [0.25, 0.3) is 0 Å². The Hall–Kier alpha value is -2.84. The number of nitrogens with zero attached hydrogens (tertiary/aromatic N) is 2. The van der Waals surface area contributed by atoms with Gasteiger partial charge in [0.15, 0.2) is 10.2 Å². The molecule has 0 saturated carbocycles. The van der Waals surface area contributed by atoms with Crippen LogP contribution in [0.2, 0.25) is 0 Å². The number of hydrazone groups is 2. The van der Waals surface area contributed by atoms with Gasteiger partial charge in [-0.1, -0.05) is 48.5 Å². The molecular weight excluding hydrogens is 460 g/mol. The molecular formula is C26H34N6S2. The summed E-state index contributed by atoms with van der Waals surface area (Å²) < 4.78 is 0. The van der Waals surface area contributed by atoms with Crippen LogP contribution in [0.1, 0.15) is 61.8 Å². The molecule has 4 rings (SSSR count). The fourth-order valence-corrected chi connectivity index (χ4v) is 4.45. The quantitative estimate of drug-likeness (QED) is 0.373. The summed E-state index contributed by atoms with van der Waals surface area (Å²) in [5.74, 6) is 0. The van der Waals surface area contributed by atoms with Crippen molar-refractivity contribution in [2.75, 3.05) is 13.1 Å². The van der Waals surface area contributed by atoms with Crippen LogP contribution in [0, 0.1) is 0 Å². The van der Waals surface area contributed by atoms with Gasteiger partial charge in [-0.3, -0.25) is 10.9 Å². The maximum atomic E-state index is 5.09. The van der Waals surface area contributed by atoms with Gasteiger partial charge in [0, 0.05) is 24.2 Å². The van der Waals surface area contributed by atoms with E-state index in [4.69, 9.17) is 24.4 Å². The summed E-state index contributed by atoms with van der Waals surface area (Å²) in [6.45, 7) is 5.65. The number of rotatable bonds is 4. The van der Waals surface area contributed by atoms with E-state index in [1.54, 1.807) is 0 Å². The fourth-order valence-electron chi connectivity index (χ4n) is 4.07. The Labute approximate surface area is 213 Å². The number of nitrogens with one attached hydrogen (secondary N) is 4. The Balaban J connectivity index is 0.000000191. The number of fused-ring (bicyclic) bond motifs is 2. The minimum absolute atomic E-state index is 0.586. The van der Waals surface area contributed by atoms with Crippen molar-refractivity contribution >= 4 is 46.1 Å². The second kappa shape index (κ2) is 13.8. The molecule has 0 heterocycles. The maximum absolute atomic E-state index is 5.09.